The minimum absolute atomic E-state index is 0.312. The molecular formula is C32H22N4O2. The Morgan fingerprint density at radius 3 is 1.37 bits per heavy atom. The highest BCUT2D eigenvalue weighted by Crippen LogP contribution is 2.36. The van der Waals surface area contributed by atoms with Crippen molar-refractivity contribution in [3.63, 3.8) is 0 Å². The first-order chi connectivity index (χ1) is 18.6. The average Bonchev–Trinajstić information content (AvgIpc) is 2.98. The van der Waals surface area contributed by atoms with Crippen LogP contribution in [0.15, 0.2) is 127 Å². The van der Waals surface area contributed by atoms with Gasteiger partial charge < -0.3 is 10.0 Å². The fourth-order valence-electron chi connectivity index (χ4n) is 4.17. The van der Waals surface area contributed by atoms with E-state index < -0.39 is 5.97 Å². The van der Waals surface area contributed by atoms with E-state index in [-0.39, 0.29) is 5.57 Å². The van der Waals surface area contributed by atoms with Gasteiger partial charge in [0.2, 0.25) is 0 Å². The summed E-state index contributed by atoms with van der Waals surface area (Å²) in [4.78, 5) is 21.6. The van der Waals surface area contributed by atoms with Gasteiger partial charge >= 0.3 is 5.97 Å². The van der Waals surface area contributed by atoms with Gasteiger partial charge in [-0.15, -0.1) is 0 Å². The molecule has 0 unspecified atom stereocenters. The summed E-state index contributed by atoms with van der Waals surface area (Å²) in [6.45, 7) is 0. The molecule has 2 aromatic heterocycles. The van der Waals surface area contributed by atoms with E-state index in [4.69, 9.17) is 5.26 Å². The lowest BCUT2D eigenvalue weighted by atomic mass is 10.0. The van der Waals surface area contributed by atoms with E-state index in [1.54, 1.807) is 43.0 Å². The van der Waals surface area contributed by atoms with E-state index in [1.807, 2.05) is 36.4 Å². The summed E-state index contributed by atoms with van der Waals surface area (Å²) in [5.41, 5.74) is 7.48. The molecule has 0 saturated heterocycles. The number of pyridine rings is 2. The molecule has 0 aliphatic carbocycles. The normalized spacial score (nSPS) is 11.0. The molecule has 0 radical (unpaired) electrons. The van der Waals surface area contributed by atoms with E-state index in [0.717, 1.165) is 39.3 Å². The first kappa shape index (κ1) is 24.2. The third-order valence-corrected chi connectivity index (χ3v) is 6.09. The van der Waals surface area contributed by atoms with Crippen LogP contribution in [-0.4, -0.2) is 21.0 Å². The largest absolute Gasteiger partial charge is 0.477 e. The zero-order valence-electron chi connectivity index (χ0n) is 20.3. The lowest BCUT2D eigenvalue weighted by Crippen LogP contribution is -2.09. The van der Waals surface area contributed by atoms with Crippen molar-refractivity contribution in [2.45, 2.75) is 0 Å². The number of carbonyl (C=O) groups is 1. The van der Waals surface area contributed by atoms with Crippen LogP contribution < -0.4 is 4.90 Å². The average molecular weight is 495 g/mol. The monoisotopic (exact) mass is 494 g/mol. The van der Waals surface area contributed by atoms with Crippen molar-refractivity contribution < 1.29 is 9.90 Å². The number of anilines is 3. The second kappa shape index (κ2) is 11.0. The predicted octanol–water partition coefficient (Wildman–Crippen LogP) is 7.27. The number of nitriles is 1. The molecule has 6 nitrogen and oxygen atoms in total. The highest BCUT2D eigenvalue weighted by Gasteiger charge is 2.14. The quantitative estimate of drug-likeness (QED) is 0.189. The van der Waals surface area contributed by atoms with Gasteiger partial charge in [0.05, 0.1) is 0 Å². The number of nitrogens with zero attached hydrogens (tertiary/aromatic N) is 4. The molecule has 3 aromatic carbocycles. The van der Waals surface area contributed by atoms with E-state index in [0.29, 0.717) is 5.56 Å². The van der Waals surface area contributed by atoms with Crippen LogP contribution in [0.25, 0.3) is 28.3 Å². The van der Waals surface area contributed by atoms with Crippen LogP contribution >= 0.6 is 0 Å². The molecular weight excluding hydrogens is 472 g/mol. The first-order valence-corrected chi connectivity index (χ1v) is 11.9. The van der Waals surface area contributed by atoms with Crippen LogP contribution in [0.5, 0.6) is 0 Å². The zero-order chi connectivity index (χ0) is 26.3. The van der Waals surface area contributed by atoms with Crippen LogP contribution in [0.3, 0.4) is 0 Å². The van der Waals surface area contributed by atoms with Crippen molar-refractivity contribution in [3.05, 3.63) is 133 Å². The van der Waals surface area contributed by atoms with Crippen LogP contribution in [0.1, 0.15) is 5.56 Å². The second-order valence-electron chi connectivity index (χ2n) is 8.47. The zero-order valence-corrected chi connectivity index (χ0v) is 20.3. The maximum Gasteiger partial charge on any atom is 0.346 e. The minimum atomic E-state index is -1.25. The molecule has 2 heterocycles. The summed E-state index contributed by atoms with van der Waals surface area (Å²) in [5.74, 6) is -1.25. The molecule has 1 N–H and O–H groups in total. The number of rotatable bonds is 7. The highest BCUT2D eigenvalue weighted by atomic mass is 16.4. The standard InChI is InChI=1S/C32H22N4O2/c33-22-28(32(37)38)21-23-1-7-29(8-2-23)36(30-9-3-24(4-10-30)26-13-17-34-18-14-26)31-11-5-25(6-12-31)27-15-19-35-20-16-27/h1-21H,(H,37,38). The topological polar surface area (TPSA) is 90.1 Å². The molecule has 5 aromatic rings. The molecule has 5 rings (SSSR count). The Morgan fingerprint density at radius 1 is 0.632 bits per heavy atom. The molecule has 6 heteroatoms. The van der Waals surface area contributed by atoms with E-state index in [9.17, 15) is 9.90 Å². The molecule has 0 fully saturated rings. The van der Waals surface area contributed by atoms with Gasteiger partial charge in [-0.05, 0) is 94.6 Å². The van der Waals surface area contributed by atoms with Crippen molar-refractivity contribution in [2.75, 3.05) is 4.90 Å². The smallest absolute Gasteiger partial charge is 0.346 e. The molecule has 38 heavy (non-hydrogen) atoms. The third kappa shape index (κ3) is 5.32. The van der Waals surface area contributed by atoms with Gasteiger partial charge in [0.1, 0.15) is 11.6 Å². The van der Waals surface area contributed by atoms with Crippen LogP contribution in [0, 0.1) is 11.3 Å². The number of carboxylic acid groups (broad SMARTS) is 1. The van der Waals surface area contributed by atoms with E-state index >= 15 is 0 Å². The number of benzene rings is 3. The Morgan fingerprint density at radius 2 is 1.00 bits per heavy atom. The molecule has 0 bridgehead atoms. The van der Waals surface area contributed by atoms with Gasteiger partial charge in [-0.3, -0.25) is 9.97 Å². The number of carboxylic acids is 1. The fourth-order valence-corrected chi connectivity index (χ4v) is 4.17. The Labute approximate surface area is 220 Å². The Bertz CT molecular complexity index is 1520. The van der Waals surface area contributed by atoms with Gasteiger partial charge in [0.25, 0.3) is 0 Å². The van der Waals surface area contributed by atoms with Crippen LogP contribution in [0.2, 0.25) is 0 Å². The maximum atomic E-state index is 11.2. The summed E-state index contributed by atoms with van der Waals surface area (Å²) in [7, 11) is 0. The van der Waals surface area contributed by atoms with Crippen LogP contribution in [-0.2, 0) is 4.79 Å². The summed E-state index contributed by atoms with van der Waals surface area (Å²) in [5, 5.41) is 18.3. The highest BCUT2D eigenvalue weighted by molar-refractivity contribution is 5.96. The molecule has 0 saturated carbocycles. The van der Waals surface area contributed by atoms with Crippen molar-refractivity contribution in [1.29, 1.82) is 5.26 Å². The van der Waals surface area contributed by atoms with Crippen molar-refractivity contribution in [3.8, 4) is 28.3 Å². The minimum Gasteiger partial charge on any atom is -0.477 e. The Hall–Kier alpha value is -5.54. The number of aromatic nitrogens is 2. The predicted molar refractivity (Wildman–Crippen MR) is 149 cm³/mol. The maximum absolute atomic E-state index is 11.2. The van der Waals surface area contributed by atoms with Crippen LogP contribution in [0.4, 0.5) is 17.1 Å². The second-order valence-corrected chi connectivity index (χ2v) is 8.47. The fraction of sp³-hybridized carbons (Fsp3) is 0. The molecule has 0 spiro atoms. The number of aliphatic carboxylic acids is 1. The number of hydrogen-bond donors (Lipinski definition) is 1. The molecule has 0 atom stereocenters. The van der Waals surface area contributed by atoms with Crippen molar-refractivity contribution in [2.24, 2.45) is 0 Å². The third-order valence-electron chi connectivity index (χ3n) is 6.09. The van der Waals surface area contributed by atoms with Gasteiger partial charge in [0, 0.05) is 41.8 Å². The molecule has 182 valence electrons. The molecule has 0 amide bonds. The lowest BCUT2D eigenvalue weighted by molar-refractivity contribution is -0.132. The summed E-state index contributed by atoms with van der Waals surface area (Å²) < 4.78 is 0. The molecule has 0 aliphatic rings. The van der Waals surface area contributed by atoms with Gasteiger partial charge in [-0.2, -0.15) is 5.26 Å². The summed E-state index contributed by atoms with van der Waals surface area (Å²) in [6.07, 6.45) is 8.47. The number of hydrogen-bond acceptors (Lipinski definition) is 5. The SMILES string of the molecule is N#CC(=Cc1ccc(N(c2ccc(-c3ccncc3)cc2)c2ccc(-c3ccncc3)cc2)cc1)C(=O)O. The summed E-state index contributed by atoms with van der Waals surface area (Å²) >= 11 is 0. The summed E-state index contributed by atoms with van der Waals surface area (Å²) in [6, 6.07) is 33.6. The van der Waals surface area contributed by atoms with E-state index in [2.05, 4.69) is 63.4 Å². The van der Waals surface area contributed by atoms with E-state index in [1.165, 1.54) is 6.08 Å². The Kier molecular flexibility index (Phi) is 7.01. The van der Waals surface area contributed by atoms with Gasteiger partial charge in [0.15, 0.2) is 0 Å². The Balaban J connectivity index is 1.53. The van der Waals surface area contributed by atoms with Gasteiger partial charge in [-0.25, -0.2) is 4.79 Å². The first-order valence-electron chi connectivity index (χ1n) is 11.9. The van der Waals surface area contributed by atoms with Gasteiger partial charge in [-0.1, -0.05) is 36.4 Å². The lowest BCUT2D eigenvalue weighted by Gasteiger charge is -2.26. The van der Waals surface area contributed by atoms with Crippen molar-refractivity contribution >= 4 is 29.1 Å². The molecule has 0 aliphatic heterocycles. The van der Waals surface area contributed by atoms with Crippen molar-refractivity contribution in [1.82, 2.24) is 9.97 Å².